The number of rotatable bonds is 4. The zero-order chi connectivity index (χ0) is 11.4. The van der Waals surface area contributed by atoms with Crippen molar-refractivity contribution in [3.05, 3.63) is 0 Å². The van der Waals surface area contributed by atoms with Crippen LogP contribution in [0.1, 0.15) is 77.6 Å². The summed E-state index contributed by atoms with van der Waals surface area (Å²) in [5.41, 5.74) is 0.383. The summed E-state index contributed by atoms with van der Waals surface area (Å²) in [4.78, 5) is 0. The molecule has 0 heterocycles. The summed E-state index contributed by atoms with van der Waals surface area (Å²) in [6.07, 6.45) is 14.6. The molecule has 1 spiro atoms. The van der Waals surface area contributed by atoms with E-state index >= 15 is 0 Å². The average Bonchev–Trinajstić information content (AvgIpc) is 2.97. The molecule has 2 fully saturated rings. The quantitative estimate of drug-likeness (QED) is 0.706. The third-order valence-corrected chi connectivity index (χ3v) is 4.97. The molecule has 1 heteroatoms. The highest BCUT2D eigenvalue weighted by atomic mass is 16.3. The maximum absolute atomic E-state index is 10.3. The maximum atomic E-state index is 10.3. The third kappa shape index (κ3) is 2.61. The van der Waals surface area contributed by atoms with Gasteiger partial charge in [-0.1, -0.05) is 51.9 Å². The van der Waals surface area contributed by atoms with Crippen LogP contribution in [0.3, 0.4) is 0 Å². The Hall–Kier alpha value is -0.0400. The molecule has 2 aliphatic rings. The van der Waals surface area contributed by atoms with Crippen LogP contribution in [-0.4, -0.2) is 11.2 Å². The van der Waals surface area contributed by atoms with Gasteiger partial charge in [0.2, 0.25) is 0 Å². The third-order valence-electron chi connectivity index (χ3n) is 4.97. The van der Waals surface area contributed by atoms with E-state index in [2.05, 4.69) is 6.92 Å². The topological polar surface area (TPSA) is 20.2 Å². The summed E-state index contributed by atoms with van der Waals surface area (Å²) in [5, 5.41) is 10.3. The van der Waals surface area contributed by atoms with Gasteiger partial charge < -0.3 is 5.11 Å². The van der Waals surface area contributed by atoms with Gasteiger partial charge in [-0.15, -0.1) is 0 Å². The van der Waals surface area contributed by atoms with Crippen molar-refractivity contribution in [2.75, 3.05) is 0 Å². The van der Waals surface area contributed by atoms with E-state index in [0.29, 0.717) is 5.41 Å². The highest BCUT2D eigenvalue weighted by molar-refractivity contribution is 5.06. The van der Waals surface area contributed by atoms with Gasteiger partial charge in [0.1, 0.15) is 0 Å². The number of hydrogen-bond acceptors (Lipinski definition) is 1. The second-order valence-electron chi connectivity index (χ2n) is 6.10. The van der Waals surface area contributed by atoms with Crippen molar-refractivity contribution < 1.29 is 5.11 Å². The molecule has 1 nitrogen and oxygen atoms in total. The Balaban J connectivity index is 1.81. The molecule has 3 unspecified atom stereocenters. The van der Waals surface area contributed by atoms with Crippen LogP contribution in [0, 0.1) is 11.3 Å². The number of unbranched alkanes of at least 4 members (excludes halogenated alkanes) is 2. The van der Waals surface area contributed by atoms with Gasteiger partial charge in [0.15, 0.2) is 0 Å². The molecular formula is C15H28O. The molecule has 0 aromatic heterocycles. The van der Waals surface area contributed by atoms with Crippen molar-refractivity contribution in [2.24, 2.45) is 11.3 Å². The van der Waals surface area contributed by atoms with Crippen molar-refractivity contribution in [3.63, 3.8) is 0 Å². The first kappa shape index (κ1) is 12.4. The lowest BCUT2D eigenvalue weighted by Crippen LogP contribution is -2.25. The summed E-state index contributed by atoms with van der Waals surface area (Å²) in [6, 6.07) is 0. The molecule has 94 valence electrons. The second kappa shape index (κ2) is 5.53. The Bertz CT molecular complexity index is 213. The standard InChI is InChI=1S/C15H28O/c1-2-3-6-9-13-12-15(13)11-8-5-4-7-10-14(15)16/h13-14,16H,2-12H2,1H3. The van der Waals surface area contributed by atoms with Crippen molar-refractivity contribution in [3.8, 4) is 0 Å². The van der Waals surface area contributed by atoms with E-state index in [1.165, 1.54) is 64.2 Å². The van der Waals surface area contributed by atoms with E-state index in [1.54, 1.807) is 0 Å². The smallest absolute Gasteiger partial charge is 0.0599 e. The molecule has 0 amide bonds. The predicted octanol–water partition coefficient (Wildman–Crippen LogP) is 4.29. The highest BCUT2D eigenvalue weighted by Crippen LogP contribution is 2.62. The van der Waals surface area contributed by atoms with Gasteiger partial charge in [0.05, 0.1) is 6.10 Å². The minimum absolute atomic E-state index is 0.0272. The van der Waals surface area contributed by atoms with Crippen LogP contribution in [0.15, 0.2) is 0 Å². The fourth-order valence-electron chi connectivity index (χ4n) is 3.74. The van der Waals surface area contributed by atoms with Crippen molar-refractivity contribution in [2.45, 2.75) is 83.7 Å². The van der Waals surface area contributed by atoms with Gasteiger partial charge in [-0.05, 0) is 37.0 Å². The van der Waals surface area contributed by atoms with E-state index in [0.717, 1.165) is 12.3 Å². The fourth-order valence-corrected chi connectivity index (χ4v) is 3.74. The highest BCUT2D eigenvalue weighted by Gasteiger charge is 2.56. The Morgan fingerprint density at radius 3 is 2.75 bits per heavy atom. The molecular weight excluding hydrogens is 196 g/mol. The summed E-state index contributed by atoms with van der Waals surface area (Å²) in [5.74, 6) is 0.868. The molecule has 0 bridgehead atoms. The monoisotopic (exact) mass is 224 g/mol. The molecule has 2 aliphatic carbocycles. The van der Waals surface area contributed by atoms with Crippen molar-refractivity contribution in [1.82, 2.24) is 0 Å². The van der Waals surface area contributed by atoms with Gasteiger partial charge in [-0.3, -0.25) is 0 Å². The Kier molecular flexibility index (Phi) is 4.29. The maximum Gasteiger partial charge on any atom is 0.0599 e. The molecule has 0 aliphatic heterocycles. The lowest BCUT2D eigenvalue weighted by Gasteiger charge is -2.26. The molecule has 3 atom stereocenters. The average molecular weight is 224 g/mol. The van der Waals surface area contributed by atoms with Crippen LogP contribution in [0.2, 0.25) is 0 Å². The fraction of sp³-hybridized carbons (Fsp3) is 1.00. The Labute approximate surface area is 101 Å². The molecule has 16 heavy (non-hydrogen) atoms. The van der Waals surface area contributed by atoms with Gasteiger partial charge in [-0.2, -0.15) is 0 Å². The summed E-state index contributed by atoms with van der Waals surface area (Å²) < 4.78 is 0. The molecule has 2 saturated carbocycles. The van der Waals surface area contributed by atoms with Crippen molar-refractivity contribution >= 4 is 0 Å². The molecule has 2 rings (SSSR count). The number of hydrogen-bond donors (Lipinski definition) is 1. The normalized spacial score (nSPS) is 39.4. The summed E-state index contributed by atoms with van der Waals surface area (Å²) in [7, 11) is 0. The first-order chi connectivity index (χ1) is 7.79. The zero-order valence-corrected chi connectivity index (χ0v) is 10.9. The van der Waals surface area contributed by atoms with Gasteiger partial charge in [-0.25, -0.2) is 0 Å². The zero-order valence-electron chi connectivity index (χ0n) is 10.9. The molecule has 0 aromatic carbocycles. The minimum Gasteiger partial charge on any atom is -0.393 e. The minimum atomic E-state index is 0.0272. The molecule has 0 saturated heterocycles. The lowest BCUT2D eigenvalue weighted by molar-refractivity contribution is 0.0577. The Morgan fingerprint density at radius 1 is 1.12 bits per heavy atom. The van der Waals surface area contributed by atoms with Crippen LogP contribution in [0.4, 0.5) is 0 Å². The van der Waals surface area contributed by atoms with Gasteiger partial charge in [0, 0.05) is 0 Å². The van der Waals surface area contributed by atoms with E-state index in [9.17, 15) is 5.11 Å². The largest absolute Gasteiger partial charge is 0.393 e. The van der Waals surface area contributed by atoms with Crippen LogP contribution in [-0.2, 0) is 0 Å². The first-order valence-electron chi connectivity index (χ1n) is 7.47. The first-order valence-corrected chi connectivity index (χ1v) is 7.47. The predicted molar refractivity (Wildman–Crippen MR) is 68.4 cm³/mol. The number of aliphatic hydroxyl groups excluding tert-OH is 1. The van der Waals surface area contributed by atoms with Crippen LogP contribution < -0.4 is 0 Å². The Morgan fingerprint density at radius 2 is 1.94 bits per heavy atom. The summed E-state index contributed by atoms with van der Waals surface area (Å²) >= 11 is 0. The van der Waals surface area contributed by atoms with Gasteiger partial charge in [0.25, 0.3) is 0 Å². The molecule has 0 aromatic rings. The number of aliphatic hydroxyl groups is 1. The SMILES string of the molecule is CCCCCC1CC12CCCCCCC2O. The van der Waals surface area contributed by atoms with E-state index in [1.807, 2.05) is 0 Å². The second-order valence-corrected chi connectivity index (χ2v) is 6.10. The van der Waals surface area contributed by atoms with Crippen LogP contribution in [0.25, 0.3) is 0 Å². The van der Waals surface area contributed by atoms with Gasteiger partial charge >= 0.3 is 0 Å². The van der Waals surface area contributed by atoms with E-state index in [4.69, 9.17) is 0 Å². The van der Waals surface area contributed by atoms with Crippen LogP contribution >= 0.6 is 0 Å². The lowest BCUT2D eigenvalue weighted by atomic mass is 9.83. The van der Waals surface area contributed by atoms with Crippen LogP contribution in [0.5, 0.6) is 0 Å². The molecule has 1 N–H and O–H groups in total. The summed E-state index contributed by atoms with van der Waals surface area (Å²) in [6.45, 7) is 2.27. The van der Waals surface area contributed by atoms with Crippen molar-refractivity contribution in [1.29, 1.82) is 0 Å². The van der Waals surface area contributed by atoms with E-state index in [-0.39, 0.29) is 6.10 Å². The molecule has 0 radical (unpaired) electrons. The van der Waals surface area contributed by atoms with E-state index < -0.39 is 0 Å².